The van der Waals surface area contributed by atoms with Crippen molar-refractivity contribution in [3.63, 3.8) is 0 Å². The van der Waals surface area contributed by atoms with Crippen molar-refractivity contribution in [2.45, 2.75) is 4.90 Å². The summed E-state index contributed by atoms with van der Waals surface area (Å²) in [5.41, 5.74) is 6.15. The number of anilines is 1. The molecule has 1 aromatic rings. The molecule has 0 saturated heterocycles. The lowest BCUT2D eigenvalue weighted by Crippen LogP contribution is -1.89. The normalized spacial score (nSPS) is 9.40. The molecule has 0 aliphatic rings. The quantitative estimate of drug-likeness (QED) is 0.385. The van der Waals surface area contributed by atoms with Gasteiger partial charge in [0, 0.05) is 4.90 Å². The van der Waals surface area contributed by atoms with Crippen molar-refractivity contribution < 1.29 is 4.52 Å². The van der Waals surface area contributed by atoms with E-state index >= 15 is 0 Å². The third kappa shape index (κ3) is 1.36. The number of benzene rings is 1. The van der Waals surface area contributed by atoms with Gasteiger partial charge in [-0.3, -0.25) is 0 Å². The van der Waals surface area contributed by atoms with E-state index in [4.69, 9.17) is 10.3 Å². The summed E-state index contributed by atoms with van der Waals surface area (Å²) < 4.78 is 4.87. The molecule has 54 valence electrons. The Balaban J connectivity index is 3.14. The molecular weight excluding hydrogens is 165 g/mol. The smallest absolute Gasteiger partial charge is 0.146 e. The molecule has 0 bridgehead atoms. The third-order valence-electron chi connectivity index (χ3n) is 1.17. The third-order valence-corrected chi connectivity index (χ3v) is 1.81. The van der Waals surface area contributed by atoms with E-state index < -0.39 is 0 Å². The number of hydrogen-bond donors (Lipinski definition) is 2. The predicted molar refractivity (Wildman–Crippen MR) is 48.4 cm³/mol. The fraction of sp³-hybridized carbons (Fsp3) is 0. The molecule has 1 atom stereocenters. The van der Waals surface area contributed by atoms with Gasteiger partial charge in [0.2, 0.25) is 0 Å². The summed E-state index contributed by atoms with van der Waals surface area (Å²) in [6.07, 6.45) is 0. The maximum atomic E-state index is 5.58. The number of para-hydroxylation sites is 1. The van der Waals surface area contributed by atoms with Crippen LogP contribution in [-0.2, 0) is 0 Å². The Morgan fingerprint density at radius 2 is 2.20 bits per heavy atom. The van der Waals surface area contributed by atoms with Gasteiger partial charge in [0.15, 0.2) is 0 Å². The van der Waals surface area contributed by atoms with Gasteiger partial charge in [-0.1, -0.05) is 6.07 Å². The molecule has 0 amide bonds. The SMILES string of the molecule is Nc1c(S)cccc1OP. The highest BCUT2D eigenvalue weighted by molar-refractivity contribution is 7.80. The van der Waals surface area contributed by atoms with E-state index in [1.807, 2.05) is 12.1 Å². The molecule has 1 aromatic carbocycles. The Bertz CT molecular complexity index is 241. The van der Waals surface area contributed by atoms with Crippen molar-refractivity contribution in [2.75, 3.05) is 5.73 Å². The van der Waals surface area contributed by atoms with Crippen LogP contribution < -0.4 is 10.3 Å². The maximum Gasteiger partial charge on any atom is 0.146 e. The zero-order chi connectivity index (χ0) is 7.56. The maximum absolute atomic E-state index is 5.58. The lowest BCUT2D eigenvalue weighted by molar-refractivity contribution is 0.647. The Morgan fingerprint density at radius 3 is 2.70 bits per heavy atom. The van der Waals surface area contributed by atoms with Crippen LogP contribution in [0.15, 0.2) is 23.1 Å². The van der Waals surface area contributed by atoms with E-state index in [0.29, 0.717) is 11.4 Å². The van der Waals surface area contributed by atoms with Crippen LogP contribution in [0, 0.1) is 0 Å². The number of nitrogen functional groups attached to an aromatic ring is 1. The number of thiol groups is 1. The van der Waals surface area contributed by atoms with E-state index in [2.05, 4.69) is 22.1 Å². The molecular formula is C6H8NOPS. The lowest BCUT2D eigenvalue weighted by Gasteiger charge is -2.04. The van der Waals surface area contributed by atoms with Crippen LogP contribution in [0.5, 0.6) is 5.75 Å². The lowest BCUT2D eigenvalue weighted by atomic mass is 10.3. The zero-order valence-electron chi connectivity index (χ0n) is 5.24. The first kappa shape index (κ1) is 7.70. The highest BCUT2D eigenvalue weighted by Gasteiger charge is 1.99. The van der Waals surface area contributed by atoms with Crippen molar-refractivity contribution in [3.8, 4) is 5.75 Å². The van der Waals surface area contributed by atoms with E-state index in [1.54, 1.807) is 6.07 Å². The minimum atomic E-state index is 0.570. The van der Waals surface area contributed by atoms with Gasteiger partial charge >= 0.3 is 0 Å². The topological polar surface area (TPSA) is 35.2 Å². The number of rotatable bonds is 1. The summed E-state index contributed by atoms with van der Waals surface area (Å²) in [4.78, 5) is 0.736. The molecule has 0 aromatic heterocycles. The van der Waals surface area contributed by atoms with Gasteiger partial charge in [0.05, 0.1) is 15.2 Å². The van der Waals surface area contributed by atoms with Crippen LogP contribution >= 0.6 is 22.1 Å². The summed E-state index contributed by atoms with van der Waals surface area (Å²) >= 11 is 4.11. The molecule has 0 spiro atoms. The van der Waals surface area contributed by atoms with E-state index in [0.717, 1.165) is 4.90 Å². The van der Waals surface area contributed by atoms with E-state index in [1.165, 1.54) is 0 Å². The van der Waals surface area contributed by atoms with Crippen molar-refractivity contribution in [1.82, 2.24) is 0 Å². The summed E-state index contributed by atoms with van der Waals surface area (Å²) in [5.74, 6) is 0.637. The van der Waals surface area contributed by atoms with Gasteiger partial charge < -0.3 is 10.3 Å². The van der Waals surface area contributed by atoms with Crippen molar-refractivity contribution in [1.29, 1.82) is 0 Å². The molecule has 0 aliphatic carbocycles. The molecule has 10 heavy (non-hydrogen) atoms. The fourth-order valence-corrected chi connectivity index (χ4v) is 1.04. The fourth-order valence-electron chi connectivity index (χ4n) is 0.635. The molecule has 2 nitrogen and oxygen atoms in total. The second-order valence-electron chi connectivity index (χ2n) is 1.81. The van der Waals surface area contributed by atoms with Crippen LogP contribution in [0.2, 0.25) is 0 Å². The molecule has 0 radical (unpaired) electrons. The van der Waals surface area contributed by atoms with Gasteiger partial charge in [-0.25, -0.2) is 0 Å². The molecule has 0 heterocycles. The molecule has 4 heteroatoms. The van der Waals surface area contributed by atoms with E-state index in [9.17, 15) is 0 Å². The highest BCUT2D eigenvalue weighted by Crippen LogP contribution is 2.28. The molecule has 1 rings (SSSR count). The Kier molecular flexibility index (Phi) is 2.41. The highest BCUT2D eigenvalue weighted by atomic mass is 32.1. The summed E-state index contributed by atoms with van der Waals surface area (Å²) in [7, 11) is 2.14. The average Bonchev–Trinajstić information content (AvgIpc) is 1.95. The van der Waals surface area contributed by atoms with Crippen LogP contribution in [0.4, 0.5) is 5.69 Å². The minimum Gasteiger partial charge on any atom is -0.478 e. The largest absolute Gasteiger partial charge is 0.478 e. The van der Waals surface area contributed by atoms with Crippen LogP contribution in [0.3, 0.4) is 0 Å². The van der Waals surface area contributed by atoms with Crippen molar-refractivity contribution in [2.24, 2.45) is 0 Å². The van der Waals surface area contributed by atoms with Crippen LogP contribution in [0.25, 0.3) is 0 Å². The van der Waals surface area contributed by atoms with Crippen molar-refractivity contribution in [3.05, 3.63) is 18.2 Å². The second-order valence-corrected chi connectivity index (χ2v) is 2.52. The summed E-state index contributed by atoms with van der Waals surface area (Å²) in [5, 5.41) is 0. The first-order valence-corrected chi connectivity index (χ1v) is 3.61. The monoisotopic (exact) mass is 173 g/mol. The molecule has 1 unspecified atom stereocenters. The number of nitrogens with two attached hydrogens (primary N) is 1. The van der Waals surface area contributed by atoms with Crippen LogP contribution in [-0.4, -0.2) is 0 Å². The Morgan fingerprint density at radius 1 is 1.50 bits per heavy atom. The minimum absolute atomic E-state index is 0.570. The van der Waals surface area contributed by atoms with E-state index in [-0.39, 0.29) is 0 Å². The molecule has 2 N–H and O–H groups in total. The van der Waals surface area contributed by atoms with Gasteiger partial charge in [0.1, 0.15) is 5.75 Å². The standard InChI is InChI=1S/C6H8NOPS/c7-6-4(8-9)2-1-3-5(6)10/h1-3,10H,7,9H2. The van der Waals surface area contributed by atoms with Gasteiger partial charge in [0.25, 0.3) is 0 Å². The molecule has 0 fully saturated rings. The number of hydrogen-bond acceptors (Lipinski definition) is 3. The second kappa shape index (κ2) is 3.13. The average molecular weight is 173 g/mol. The van der Waals surface area contributed by atoms with Crippen molar-refractivity contribution >= 4 is 27.8 Å². The first-order chi connectivity index (χ1) is 4.75. The molecule has 0 aliphatic heterocycles. The van der Waals surface area contributed by atoms with Gasteiger partial charge in [-0.2, -0.15) is 0 Å². The Labute approximate surface area is 67.5 Å². The molecule has 0 saturated carbocycles. The summed E-state index contributed by atoms with van der Waals surface area (Å²) in [6.45, 7) is 0. The Hall–Kier alpha value is -0.400. The predicted octanol–water partition coefficient (Wildman–Crippen LogP) is 1.73. The summed E-state index contributed by atoms with van der Waals surface area (Å²) in [6, 6.07) is 5.42. The first-order valence-electron chi connectivity index (χ1n) is 2.70. The van der Waals surface area contributed by atoms with Crippen LogP contribution in [0.1, 0.15) is 0 Å². The zero-order valence-corrected chi connectivity index (χ0v) is 7.29. The van der Waals surface area contributed by atoms with Gasteiger partial charge in [-0.15, -0.1) is 12.6 Å². The van der Waals surface area contributed by atoms with Gasteiger partial charge in [-0.05, 0) is 12.1 Å².